The number of piperidine rings is 1. The van der Waals surface area contributed by atoms with Crippen molar-refractivity contribution in [1.29, 1.82) is 0 Å². The van der Waals surface area contributed by atoms with Crippen LogP contribution < -0.4 is 10.6 Å². The maximum absolute atomic E-state index is 13.2. The Labute approximate surface area is 170 Å². The highest BCUT2D eigenvalue weighted by molar-refractivity contribution is 5.89. The van der Waals surface area contributed by atoms with Gasteiger partial charge in [0, 0.05) is 31.5 Å². The molecule has 1 fully saturated rings. The van der Waals surface area contributed by atoms with Crippen LogP contribution in [0.25, 0.3) is 0 Å². The summed E-state index contributed by atoms with van der Waals surface area (Å²) in [4.78, 5) is 26.0. The molecule has 0 spiro atoms. The van der Waals surface area contributed by atoms with Gasteiger partial charge < -0.3 is 15.5 Å². The van der Waals surface area contributed by atoms with E-state index in [-0.39, 0.29) is 18.4 Å². The first-order chi connectivity index (χ1) is 14.2. The van der Waals surface area contributed by atoms with Crippen molar-refractivity contribution in [3.8, 4) is 0 Å². The van der Waals surface area contributed by atoms with Crippen molar-refractivity contribution in [1.82, 2.24) is 20.0 Å². The van der Waals surface area contributed by atoms with E-state index in [4.69, 9.17) is 0 Å². The Morgan fingerprint density at radius 1 is 1.23 bits per heavy atom. The van der Waals surface area contributed by atoms with Crippen LogP contribution in [-0.2, 0) is 17.5 Å². The number of urea groups is 1. The Kier molecular flexibility index (Phi) is 6.58. The number of aromatic nitrogens is 2. The summed E-state index contributed by atoms with van der Waals surface area (Å²) in [5, 5.41) is 8.62. The van der Waals surface area contributed by atoms with E-state index < -0.39 is 23.7 Å². The van der Waals surface area contributed by atoms with Crippen LogP contribution in [0, 0.1) is 11.7 Å². The molecule has 1 aliphatic rings. The first-order valence-electron chi connectivity index (χ1n) is 9.39. The van der Waals surface area contributed by atoms with Gasteiger partial charge in [-0.05, 0) is 43.0 Å². The van der Waals surface area contributed by atoms with Gasteiger partial charge >= 0.3 is 12.2 Å². The molecular weight excluding hydrogens is 406 g/mol. The number of carbonyl (C=O) groups excluding carboxylic acids is 2. The summed E-state index contributed by atoms with van der Waals surface area (Å²) < 4.78 is 52.0. The van der Waals surface area contributed by atoms with Crippen molar-refractivity contribution >= 4 is 17.6 Å². The number of hydrogen-bond donors (Lipinski definition) is 2. The molecule has 3 rings (SSSR count). The van der Waals surface area contributed by atoms with E-state index in [1.165, 1.54) is 18.2 Å². The number of nitrogens with one attached hydrogen (secondary N) is 2. The van der Waals surface area contributed by atoms with Crippen molar-refractivity contribution in [2.24, 2.45) is 5.92 Å². The van der Waals surface area contributed by atoms with Crippen molar-refractivity contribution in [2.45, 2.75) is 25.6 Å². The van der Waals surface area contributed by atoms with Gasteiger partial charge in [-0.1, -0.05) is 6.07 Å². The van der Waals surface area contributed by atoms with Gasteiger partial charge in [-0.15, -0.1) is 0 Å². The lowest BCUT2D eigenvalue weighted by Gasteiger charge is -2.33. The van der Waals surface area contributed by atoms with E-state index in [0.29, 0.717) is 25.3 Å². The van der Waals surface area contributed by atoms with E-state index in [9.17, 15) is 27.2 Å². The van der Waals surface area contributed by atoms with E-state index in [2.05, 4.69) is 15.7 Å². The Balaban J connectivity index is 1.47. The Hall–Kier alpha value is -3.11. The van der Waals surface area contributed by atoms with Crippen molar-refractivity contribution in [3.05, 3.63) is 48.0 Å². The third-order valence-corrected chi connectivity index (χ3v) is 4.73. The molecule has 1 aromatic carbocycles. The second kappa shape index (κ2) is 9.14. The number of anilines is 1. The van der Waals surface area contributed by atoms with Crippen LogP contribution in [-0.4, -0.2) is 46.3 Å². The molecule has 1 unspecified atom stereocenters. The second-order valence-electron chi connectivity index (χ2n) is 7.09. The van der Waals surface area contributed by atoms with Gasteiger partial charge in [0.15, 0.2) is 5.69 Å². The SMILES string of the molecule is O=C(NCC1CCCN(C(=O)Cn2ccc(C(F)(F)F)n2)C1)Nc1cccc(F)c1. The number of likely N-dealkylation sites (tertiary alicyclic amines) is 1. The Bertz CT molecular complexity index is 899. The zero-order chi connectivity index (χ0) is 21.7. The Morgan fingerprint density at radius 2 is 2.03 bits per heavy atom. The number of rotatable bonds is 5. The van der Waals surface area contributed by atoms with E-state index in [0.717, 1.165) is 29.8 Å². The minimum absolute atomic E-state index is 0.00400. The standard InChI is InChI=1S/C19H21F4N5O2/c20-14-4-1-5-15(9-14)25-18(30)24-10-13-3-2-7-27(11-13)17(29)12-28-8-6-16(26-28)19(21,22)23/h1,4-6,8-9,13H,2-3,7,10-12H2,(H2,24,25,30). The lowest BCUT2D eigenvalue weighted by atomic mass is 9.98. The summed E-state index contributed by atoms with van der Waals surface area (Å²) in [6, 6.07) is 5.84. The van der Waals surface area contributed by atoms with Crippen LogP contribution in [0.15, 0.2) is 36.5 Å². The smallest absolute Gasteiger partial charge is 0.341 e. The predicted molar refractivity (Wildman–Crippen MR) is 100.0 cm³/mol. The van der Waals surface area contributed by atoms with E-state index >= 15 is 0 Å². The summed E-state index contributed by atoms with van der Waals surface area (Å²) in [5.41, 5.74) is -0.717. The zero-order valence-electron chi connectivity index (χ0n) is 16.0. The van der Waals surface area contributed by atoms with Gasteiger partial charge in [0.25, 0.3) is 0 Å². The molecule has 1 aliphatic heterocycles. The summed E-state index contributed by atoms with van der Waals surface area (Å²) in [6.45, 7) is 0.909. The van der Waals surface area contributed by atoms with Gasteiger partial charge in [0.1, 0.15) is 12.4 Å². The van der Waals surface area contributed by atoms with Gasteiger partial charge in [0.2, 0.25) is 5.91 Å². The average molecular weight is 427 g/mol. The highest BCUT2D eigenvalue weighted by Gasteiger charge is 2.34. The van der Waals surface area contributed by atoms with E-state index in [1.54, 1.807) is 11.0 Å². The number of carbonyl (C=O) groups is 2. The largest absolute Gasteiger partial charge is 0.435 e. The van der Waals surface area contributed by atoms with Crippen molar-refractivity contribution in [2.75, 3.05) is 25.0 Å². The maximum atomic E-state index is 13.2. The van der Waals surface area contributed by atoms with Crippen molar-refractivity contribution < 1.29 is 27.2 Å². The fourth-order valence-corrected chi connectivity index (χ4v) is 3.28. The fraction of sp³-hybridized carbons (Fsp3) is 0.421. The fourth-order valence-electron chi connectivity index (χ4n) is 3.28. The lowest BCUT2D eigenvalue weighted by molar-refractivity contribution is -0.142. The minimum Gasteiger partial charge on any atom is -0.341 e. The molecule has 3 amide bonds. The predicted octanol–water partition coefficient (Wildman–Crippen LogP) is 3.10. The highest BCUT2D eigenvalue weighted by Crippen LogP contribution is 2.27. The zero-order valence-corrected chi connectivity index (χ0v) is 16.0. The number of halogens is 4. The molecule has 0 radical (unpaired) electrons. The Morgan fingerprint density at radius 3 is 2.73 bits per heavy atom. The number of hydrogen-bond acceptors (Lipinski definition) is 3. The molecule has 0 saturated carbocycles. The highest BCUT2D eigenvalue weighted by atomic mass is 19.4. The molecule has 2 heterocycles. The number of benzene rings is 1. The van der Waals surface area contributed by atoms with Gasteiger partial charge in [-0.25, -0.2) is 9.18 Å². The molecule has 11 heteroatoms. The molecule has 1 atom stereocenters. The molecular formula is C19H21F4N5O2. The van der Waals surface area contributed by atoms with Crippen LogP contribution >= 0.6 is 0 Å². The first kappa shape index (κ1) is 21.6. The number of nitrogens with zero attached hydrogens (tertiary/aromatic N) is 3. The number of amides is 3. The van der Waals surface area contributed by atoms with Crippen LogP contribution in [0.3, 0.4) is 0 Å². The topological polar surface area (TPSA) is 79.3 Å². The molecule has 2 aromatic rings. The van der Waals surface area contributed by atoms with Crippen LogP contribution in [0.4, 0.5) is 28.0 Å². The quantitative estimate of drug-likeness (QED) is 0.720. The van der Waals surface area contributed by atoms with Crippen LogP contribution in [0.5, 0.6) is 0 Å². The molecule has 7 nitrogen and oxygen atoms in total. The first-order valence-corrected chi connectivity index (χ1v) is 9.39. The van der Waals surface area contributed by atoms with Crippen LogP contribution in [0.2, 0.25) is 0 Å². The average Bonchev–Trinajstić information content (AvgIpc) is 3.16. The number of alkyl halides is 3. The minimum atomic E-state index is -4.55. The molecule has 0 aliphatic carbocycles. The molecule has 0 bridgehead atoms. The van der Waals surface area contributed by atoms with Gasteiger partial charge in [-0.3, -0.25) is 9.48 Å². The normalized spacial score (nSPS) is 16.9. The summed E-state index contributed by atoms with van der Waals surface area (Å²) in [7, 11) is 0. The molecule has 2 N–H and O–H groups in total. The maximum Gasteiger partial charge on any atom is 0.435 e. The summed E-state index contributed by atoms with van der Waals surface area (Å²) >= 11 is 0. The second-order valence-corrected chi connectivity index (χ2v) is 7.09. The van der Waals surface area contributed by atoms with Gasteiger partial charge in [0.05, 0.1) is 0 Å². The third-order valence-electron chi connectivity index (χ3n) is 4.73. The molecule has 1 aromatic heterocycles. The third kappa shape index (κ3) is 5.94. The summed E-state index contributed by atoms with van der Waals surface area (Å²) in [5.74, 6) is -0.793. The van der Waals surface area contributed by atoms with Crippen LogP contribution in [0.1, 0.15) is 18.5 Å². The van der Waals surface area contributed by atoms with Gasteiger partial charge in [-0.2, -0.15) is 18.3 Å². The molecule has 1 saturated heterocycles. The molecule has 30 heavy (non-hydrogen) atoms. The summed E-state index contributed by atoms with van der Waals surface area (Å²) in [6.07, 6.45) is -1.91. The lowest BCUT2D eigenvalue weighted by Crippen LogP contribution is -2.45. The monoisotopic (exact) mass is 427 g/mol. The molecule has 162 valence electrons. The van der Waals surface area contributed by atoms with E-state index in [1.807, 2.05) is 0 Å². The van der Waals surface area contributed by atoms with Crippen molar-refractivity contribution in [3.63, 3.8) is 0 Å².